The van der Waals surface area contributed by atoms with Gasteiger partial charge < -0.3 is 11.1 Å². The van der Waals surface area contributed by atoms with Gasteiger partial charge in [0.25, 0.3) is 5.91 Å². The van der Waals surface area contributed by atoms with E-state index >= 15 is 0 Å². The first-order chi connectivity index (χ1) is 14.2. The van der Waals surface area contributed by atoms with Crippen LogP contribution in [0.25, 0.3) is 11.3 Å². The Balaban J connectivity index is 1.53. The molecule has 2 aromatic carbocycles. The van der Waals surface area contributed by atoms with Gasteiger partial charge in [-0.2, -0.15) is 13.2 Å². The number of aryl methyl sites for hydroxylation is 1. The number of anilines is 1. The van der Waals surface area contributed by atoms with E-state index in [4.69, 9.17) is 5.73 Å². The molecule has 7 heteroatoms. The summed E-state index contributed by atoms with van der Waals surface area (Å²) in [6.45, 7) is 1.96. The van der Waals surface area contributed by atoms with Crippen molar-refractivity contribution in [2.45, 2.75) is 31.5 Å². The lowest BCUT2D eigenvalue weighted by atomic mass is 10.00. The van der Waals surface area contributed by atoms with E-state index in [0.29, 0.717) is 16.8 Å². The first-order valence-electron chi connectivity index (χ1n) is 9.51. The molecular weight excluding hydrogens is 391 g/mol. The number of carbonyl (C=O) groups excluding carboxylic acids is 1. The summed E-state index contributed by atoms with van der Waals surface area (Å²) in [7, 11) is 0. The van der Waals surface area contributed by atoms with Gasteiger partial charge in [-0.3, -0.25) is 9.78 Å². The fraction of sp³-hybridized carbons (Fsp3) is 0.217. The van der Waals surface area contributed by atoms with Crippen LogP contribution >= 0.6 is 0 Å². The zero-order valence-electron chi connectivity index (χ0n) is 16.3. The molecule has 0 unspecified atom stereocenters. The number of amides is 1. The second-order valence-electron chi connectivity index (χ2n) is 7.64. The summed E-state index contributed by atoms with van der Waals surface area (Å²) in [5.74, 6) is -0.134. The van der Waals surface area contributed by atoms with Crippen molar-refractivity contribution < 1.29 is 18.0 Å². The SMILES string of the molecule is Cc1ccc(C(=O)NC2(c3ccc(-c4ncc(C(F)(F)F)cc4N)cc3)CC2)cc1. The Hall–Kier alpha value is -3.35. The maximum Gasteiger partial charge on any atom is 0.417 e. The van der Waals surface area contributed by atoms with Crippen molar-refractivity contribution in [3.8, 4) is 11.3 Å². The topological polar surface area (TPSA) is 68.0 Å². The number of nitrogens with one attached hydrogen (secondary N) is 1. The van der Waals surface area contributed by atoms with Crippen molar-refractivity contribution in [2.24, 2.45) is 0 Å². The summed E-state index contributed by atoms with van der Waals surface area (Å²) in [5.41, 5.74) is 8.01. The van der Waals surface area contributed by atoms with Crippen molar-refractivity contribution in [3.63, 3.8) is 0 Å². The van der Waals surface area contributed by atoms with E-state index in [1.54, 1.807) is 24.3 Å². The highest BCUT2D eigenvalue weighted by Crippen LogP contribution is 2.46. The minimum atomic E-state index is -4.49. The van der Waals surface area contributed by atoms with Crippen LogP contribution in [-0.4, -0.2) is 10.9 Å². The molecule has 0 aliphatic heterocycles. The molecule has 0 bridgehead atoms. The smallest absolute Gasteiger partial charge is 0.397 e. The van der Waals surface area contributed by atoms with Crippen LogP contribution in [0.15, 0.2) is 60.8 Å². The minimum Gasteiger partial charge on any atom is -0.397 e. The number of aromatic nitrogens is 1. The molecule has 0 radical (unpaired) electrons. The molecule has 1 saturated carbocycles. The summed E-state index contributed by atoms with van der Waals surface area (Å²) in [6.07, 6.45) is -2.06. The first kappa shape index (κ1) is 19.9. The van der Waals surface area contributed by atoms with Crippen molar-refractivity contribution in [2.75, 3.05) is 5.73 Å². The molecule has 0 spiro atoms. The highest BCUT2D eigenvalue weighted by atomic mass is 19.4. The molecule has 1 fully saturated rings. The minimum absolute atomic E-state index is 0.0358. The van der Waals surface area contributed by atoms with E-state index in [1.165, 1.54) is 0 Å². The number of carbonyl (C=O) groups is 1. The molecule has 1 heterocycles. The maximum absolute atomic E-state index is 12.8. The fourth-order valence-corrected chi connectivity index (χ4v) is 3.43. The molecule has 3 N–H and O–H groups in total. The van der Waals surface area contributed by atoms with E-state index in [0.717, 1.165) is 36.2 Å². The second-order valence-corrected chi connectivity index (χ2v) is 7.64. The summed E-state index contributed by atoms with van der Waals surface area (Å²) < 4.78 is 38.4. The quantitative estimate of drug-likeness (QED) is 0.629. The van der Waals surface area contributed by atoms with E-state index in [1.807, 2.05) is 31.2 Å². The zero-order valence-corrected chi connectivity index (χ0v) is 16.3. The molecule has 154 valence electrons. The van der Waals surface area contributed by atoms with Crippen LogP contribution in [0.1, 0.15) is 39.9 Å². The number of halogens is 3. The third-order valence-corrected chi connectivity index (χ3v) is 5.37. The van der Waals surface area contributed by atoms with Crippen molar-refractivity contribution in [3.05, 3.63) is 83.0 Å². The van der Waals surface area contributed by atoms with Crippen LogP contribution in [0.5, 0.6) is 0 Å². The second kappa shape index (κ2) is 7.16. The van der Waals surface area contributed by atoms with Crippen LogP contribution in [-0.2, 0) is 11.7 Å². The Morgan fingerprint density at radius 3 is 2.23 bits per heavy atom. The molecular formula is C23H20F3N3O. The highest BCUT2D eigenvalue weighted by Gasteiger charge is 2.45. The lowest BCUT2D eigenvalue weighted by Crippen LogP contribution is -2.34. The Kier molecular flexibility index (Phi) is 4.76. The summed E-state index contributed by atoms with van der Waals surface area (Å²) in [6, 6.07) is 15.5. The Morgan fingerprint density at radius 1 is 1.07 bits per heavy atom. The van der Waals surface area contributed by atoms with Crippen LogP contribution in [0, 0.1) is 6.92 Å². The highest BCUT2D eigenvalue weighted by molar-refractivity contribution is 5.95. The Bertz CT molecular complexity index is 1090. The molecule has 4 nitrogen and oxygen atoms in total. The van der Waals surface area contributed by atoms with Crippen molar-refractivity contribution >= 4 is 11.6 Å². The van der Waals surface area contributed by atoms with Crippen molar-refractivity contribution in [1.29, 1.82) is 0 Å². The van der Waals surface area contributed by atoms with Gasteiger partial charge in [0.05, 0.1) is 22.5 Å². The van der Waals surface area contributed by atoms with Gasteiger partial charge in [-0.05, 0) is 43.5 Å². The largest absolute Gasteiger partial charge is 0.417 e. The average molecular weight is 411 g/mol. The third-order valence-electron chi connectivity index (χ3n) is 5.37. The van der Waals surface area contributed by atoms with Gasteiger partial charge in [0.2, 0.25) is 0 Å². The molecule has 0 atom stereocenters. The Labute approximate surface area is 171 Å². The lowest BCUT2D eigenvalue weighted by Gasteiger charge is -2.19. The summed E-state index contributed by atoms with van der Waals surface area (Å²) in [5, 5.41) is 3.11. The predicted octanol–water partition coefficient (Wildman–Crippen LogP) is 5.08. The van der Waals surface area contributed by atoms with E-state index < -0.39 is 17.3 Å². The number of benzene rings is 2. The van der Waals surface area contributed by atoms with E-state index in [-0.39, 0.29) is 11.6 Å². The first-order valence-corrected chi connectivity index (χ1v) is 9.51. The molecule has 4 rings (SSSR count). The van der Waals surface area contributed by atoms with Crippen molar-refractivity contribution in [1.82, 2.24) is 10.3 Å². The maximum atomic E-state index is 12.8. The van der Waals surface area contributed by atoms with Gasteiger partial charge in [-0.1, -0.05) is 42.0 Å². The molecule has 1 amide bonds. The van der Waals surface area contributed by atoms with Gasteiger partial charge in [0.1, 0.15) is 0 Å². The van der Waals surface area contributed by atoms with Crippen LogP contribution in [0.3, 0.4) is 0 Å². The number of nitrogens with zero attached hydrogens (tertiary/aromatic N) is 1. The molecule has 1 aliphatic rings. The monoisotopic (exact) mass is 411 g/mol. The summed E-state index contributed by atoms with van der Waals surface area (Å²) in [4.78, 5) is 16.5. The van der Waals surface area contributed by atoms with E-state index in [9.17, 15) is 18.0 Å². The number of alkyl halides is 3. The van der Waals surface area contributed by atoms with Crippen LogP contribution in [0.2, 0.25) is 0 Å². The number of hydrogen-bond donors (Lipinski definition) is 2. The van der Waals surface area contributed by atoms with E-state index in [2.05, 4.69) is 10.3 Å². The average Bonchev–Trinajstić information content (AvgIpc) is 3.48. The standard InChI is InChI=1S/C23H20F3N3O/c1-14-2-4-16(5-3-14)21(30)29-22(10-11-22)17-8-6-15(7-9-17)20-19(27)12-18(13-28-20)23(24,25)26/h2-9,12-13H,10-11,27H2,1H3,(H,29,30). The number of rotatable bonds is 4. The Morgan fingerprint density at radius 2 is 1.70 bits per heavy atom. The van der Waals surface area contributed by atoms with Gasteiger partial charge in [-0.25, -0.2) is 0 Å². The normalized spacial score (nSPS) is 14.9. The van der Waals surface area contributed by atoms with Gasteiger partial charge in [0.15, 0.2) is 0 Å². The van der Waals surface area contributed by atoms with Gasteiger partial charge >= 0.3 is 6.18 Å². The van der Waals surface area contributed by atoms with Gasteiger partial charge in [0, 0.05) is 17.3 Å². The molecule has 0 saturated heterocycles. The number of nitrogen functional groups attached to an aromatic ring is 1. The summed E-state index contributed by atoms with van der Waals surface area (Å²) >= 11 is 0. The number of hydrogen-bond acceptors (Lipinski definition) is 3. The zero-order chi connectivity index (χ0) is 21.5. The lowest BCUT2D eigenvalue weighted by molar-refractivity contribution is -0.137. The fourth-order valence-electron chi connectivity index (χ4n) is 3.43. The number of pyridine rings is 1. The molecule has 1 aliphatic carbocycles. The van der Waals surface area contributed by atoms with Gasteiger partial charge in [-0.15, -0.1) is 0 Å². The molecule has 30 heavy (non-hydrogen) atoms. The van der Waals surface area contributed by atoms with Crippen LogP contribution < -0.4 is 11.1 Å². The predicted molar refractivity (Wildman–Crippen MR) is 109 cm³/mol. The molecule has 3 aromatic rings. The van der Waals surface area contributed by atoms with Crippen LogP contribution in [0.4, 0.5) is 18.9 Å². The number of nitrogens with two attached hydrogens (primary N) is 1. The third kappa shape index (κ3) is 3.87. The molecule has 1 aromatic heterocycles.